The lowest BCUT2D eigenvalue weighted by Gasteiger charge is -2.14. The van der Waals surface area contributed by atoms with Crippen LogP contribution < -0.4 is 15.4 Å². The number of anilines is 1. The van der Waals surface area contributed by atoms with Crippen LogP contribution in [0.4, 0.5) is 10.1 Å². The van der Waals surface area contributed by atoms with Crippen LogP contribution in [0.3, 0.4) is 0 Å². The summed E-state index contributed by atoms with van der Waals surface area (Å²) in [5.41, 5.74) is 1.32. The fraction of sp³-hybridized carbons (Fsp3) is 0.188. The zero-order chi connectivity index (χ0) is 15.9. The number of benzene rings is 2. The van der Waals surface area contributed by atoms with Gasteiger partial charge in [-0.2, -0.15) is 0 Å². The smallest absolute Gasteiger partial charge is 0.171 e. The lowest BCUT2D eigenvalue weighted by Crippen LogP contribution is -2.28. The van der Waals surface area contributed by atoms with Crippen LogP contribution in [0.25, 0.3) is 0 Å². The van der Waals surface area contributed by atoms with Crippen molar-refractivity contribution < 1.29 is 9.13 Å². The first-order valence-electron chi connectivity index (χ1n) is 6.80. The van der Waals surface area contributed by atoms with Gasteiger partial charge in [-0.05, 0) is 43.4 Å². The maximum absolute atomic E-state index is 13.7. The van der Waals surface area contributed by atoms with Gasteiger partial charge in [-0.3, -0.25) is 0 Å². The summed E-state index contributed by atoms with van der Waals surface area (Å²) >= 11 is 8.41. The Hall–Kier alpha value is -1.66. The quantitative estimate of drug-likeness (QED) is 0.747. The van der Waals surface area contributed by atoms with Gasteiger partial charge in [0.05, 0.1) is 12.3 Å². The van der Waals surface area contributed by atoms with E-state index in [1.54, 1.807) is 12.1 Å². The van der Waals surface area contributed by atoms with Gasteiger partial charge in [-0.15, -0.1) is 0 Å². The summed E-state index contributed by atoms with van der Waals surface area (Å²) in [4.78, 5) is 0. The van der Waals surface area contributed by atoms with Gasteiger partial charge in [-0.25, -0.2) is 4.39 Å². The molecule has 0 saturated carbocycles. The van der Waals surface area contributed by atoms with Crippen LogP contribution in [0.15, 0.2) is 46.9 Å². The molecule has 0 bridgehead atoms. The average Bonchev–Trinajstić information content (AvgIpc) is 2.49. The molecule has 0 amide bonds. The van der Waals surface area contributed by atoms with Gasteiger partial charge in [0, 0.05) is 16.6 Å². The van der Waals surface area contributed by atoms with E-state index in [0.717, 1.165) is 11.3 Å². The molecular formula is C16H16BrFN2OS. The third kappa shape index (κ3) is 4.68. The Bertz CT molecular complexity index is 666. The van der Waals surface area contributed by atoms with Crippen LogP contribution in [0.1, 0.15) is 12.5 Å². The van der Waals surface area contributed by atoms with Crippen molar-refractivity contribution in [3.8, 4) is 5.75 Å². The molecule has 2 N–H and O–H groups in total. The lowest BCUT2D eigenvalue weighted by molar-refractivity contribution is 0.336. The number of rotatable bonds is 5. The molecule has 2 aromatic rings. The van der Waals surface area contributed by atoms with E-state index in [2.05, 4.69) is 26.6 Å². The predicted octanol–water partition coefficient (Wildman–Crippen LogP) is 4.47. The van der Waals surface area contributed by atoms with Crippen molar-refractivity contribution >= 4 is 38.9 Å². The van der Waals surface area contributed by atoms with Crippen molar-refractivity contribution in [2.45, 2.75) is 13.5 Å². The first-order valence-corrected chi connectivity index (χ1v) is 8.01. The van der Waals surface area contributed by atoms with Gasteiger partial charge in [0.2, 0.25) is 0 Å². The maximum Gasteiger partial charge on any atom is 0.171 e. The van der Waals surface area contributed by atoms with E-state index in [0.29, 0.717) is 28.4 Å². The van der Waals surface area contributed by atoms with E-state index < -0.39 is 0 Å². The first kappa shape index (κ1) is 16.7. The van der Waals surface area contributed by atoms with Crippen LogP contribution in [-0.2, 0) is 6.54 Å². The third-order valence-corrected chi connectivity index (χ3v) is 3.63. The normalized spacial score (nSPS) is 10.1. The van der Waals surface area contributed by atoms with Crippen LogP contribution in [0.5, 0.6) is 5.75 Å². The Morgan fingerprint density at radius 1 is 1.27 bits per heavy atom. The van der Waals surface area contributed by atoms with E-state index in [1.807, 2.05) is 31.2 Å². The van der Waals surface area contributed by atoms with Crippen molar-refractivity contribution in [3.05, 3.63) is 58.3 Å². The summed E-state index contributed by atoms with van der Waals surface area (Å²) in [5.74, 6) is 0.448. The second kappa shape index (κ2) is 8.10. The Kier molecular flexibility index (Phi) is 6.15. The number of hydrogen-bond donors (Lipinski definition) is 2. The summed E-state index contributed by atoms with van der Waals surface area (Å²) in [6, 6.07) is 12.5. The summed E-state index contributed by atoms with van der Waals surface area (Å²) in [6.07, 6.45) is 0. The van der Waals surface area contributed by atoms with E-state index in [-0.39, 0.29) is 5.82 Å². The summed E-state index contributed by atoms with van der Waals surface area (Å²) in [6.45, 7) is 3.04. The van der Waals surface area contributed by atoms with E-state index in [4.69, 9.17) is 17.0 Å². The van der Waals surface area contributed by atoms with Crippen LogP contribution >= 0.6 is 28.1 Å². The molecule has 3 nitrogen and oxygen atoms in total. The lowest BCUT2D eigenvalue weighted by atomic mass is 10.2. The molecule has 0 fully saturated rings. The SMILES string of the molecule is CCOc1ccccc1CNC(=S)Nc1ccc(Br)cc1F. The fourth-order valence-corrected chi connectivity index (χ4v) is 2.39. The number of para-hydroxylation sites is 1. The molecule has 2 rings (SSSR count). The highest BCUT2D eigenvalue weighted by molar-refractivity contribution is 9.10. The first-order chi connectivity index (χ1) is 10.6. The fourth-order valence-electron chi connectivity index (χ4n) is 1.88. The van der Waals surface area contributed by atoms with E-state index in [1.165, 1.54) is 6.07 Å². The van der Waals surface area contributed by atoms with Crippen molar-refractivity contribution in [1.82, 2.24) is 5.32 Å². The van der Waals surface area contributed by atoms with Gasteiger partial charge in [-0.1, -0.05) is 34.1 Å². The number of hydrogen-bond acceptors (Lipinski definition) is 2. The van der Waals surface area contributed by atoms with E-state index >= 15 is 0 Å². The molecule has 6 heteroatoms. The number of ether oxygens (including phenoxy) is 1. The summed E-state index contributed by atoms with van der Waals surface area (Å²) < 4.78 is 20.0. The molecule has 22 heavy (non-hydrogen) atoms. The molecule has 0 atom stereocenters. The summed E-state index contributed by atoms with van der Waals surface area (Å²) in [7, 11) is 0. The van der Waals surface area contributed by atoms with Crippen molar-refractivity contribution in [1.29, 1.82) is 0 Å². The highest BCUT2D eigenvalue weighted by Gasteiger charge is 2.06. The van der Waals surface area contributed by atoms with Crippen LogP contribution in [0, 0.1) is 5.82 Å². The van der Waals surface area contributed by atoms with Gasteiger partial charge in [0.15, 0.2) is 5.11 Å². The monoisotopic (exact) mass is 382 g/mol. The van der Waals surface area contributed by atoms with Gasteiger partial charge >= 0.3 is 0 Å². The van der Waals surface area contributed by atoms with Crippen LogP contribution in [0.2, 0.25) is 0 Å². The van der Waals surface area contributed by atoms with Crippen LogP contribution in [-0.4, -0.2) is 11.7 Å². The zero-order valence-electron chi connectivity index (χ0n) is 12.0. The second-order valence-corrected chi connectivity index (χ2v) is 5.80. The molecule has 116 valence electrons. The molecule has 0 heterocycles. The van der Waals surface area contributed by atoms with Crippen molar-refractivity contribution in [3.63, 3.8) is 0 Å². The third-order valence-electron chi connectivity index (χ3n) is 2.89. The van der Waals surface area contributed by atoms with Gasteiger partial charge in [0.25, 0.3) is 0 Å². The molecular weight excluding hydrogens is 367 g/mol. The molecule has 2 aromatic carbocycles. The second-order valence-electron chi connectivity index (χ2n) is 4.47. The molecule has 0 aliphatic heterocycles. The Morgan fingerprint density at radius 3 is 2.77 bits per heavy atom. The molecule has 0 radical (unpaired) electrons. The molecule has 0 aliphatic carbocycles. The zero-order valence-corrected chi connectivity index (χ0v) is 14.4. The van der Waals surface area contributed by atoms with E-state index in [9.17, 15) is 4.39 Å². The highest BCUT2D eigenvalue weighted by Crippen LogP contribution is 2.20. The molecule has 0 unspecified atom stereocenters. The topological polar surface area (TPSA) is 33.3 Å². The maximum atomic E-state index is 13.7. The largest absolute Gasteiger partial charge is 0.494 e. The van der Waals surface area contributed by atoms with Gasteiger partial charge < -0.3 is 15.4 Å². The molecule has 0 aromatic heterocycles. The Labute approximate surface area is 143 Å². The molecule has 0 saturated heterocycles. The predicted molar refractivity (Wildman–Crippen MR) is 94.8 cm³/mol. The molecule has 0 aliphatic rings. The van der Waals surface area contributed by atoms with Crippen molar-refractivity contribution in [2.75, 3.05) is 11.9 Å². The Balaban J connectivity index is 1.95. The number of thiocarbonyl (C=S) groups is 1. The molecule has 0 spiro atoms. The summed E-state index contributed by atoms with van der Waals surface area (Å²) in [5, 5.41) is 6.25. The highest BCUT2D eigenvalue weighted by atomic mass is 79.9. The minimum atomic E-state index is -0.367. The minimum absolute atomic E-state index is 0.332. The van der Waals surface area contributed by atoms with Crippen molar-refractivity contribution in [2.24, 2.45) is 0 Å². The van der Waals surface area contributed by atoms with Gasteiger partial charge in [0.1, 0.15) is 11.6 Å². The number of nitrogens with one attached hydrogen (secondary N) is 2. The Morgan fingerprint density at radius 2 is 2.05 bits per heavy atom. The number of halogens is 2. The minimum Gasteiger partial charge on any atom is -0.494 e. The average molecular weight is 383 g/mol. The standard InChI is InChI=1S/C16H16BrFN2OS/c1-2-21-15-6-4-3-5-11(15)10-19-16(22)20-14-8-7-12(17)9-13(14)18/h3-9H,2,10H2,1H3,(H2,19,20,22).